The standard InChI is InChI=1S/C20H23BrN4.ClH/c1-14-7-17(21)11-25-18(9-23-20(14)25)12-24-10-16(8-22)19(13-24)15-5-3-2-4-6-15;/h2-7,9,11,16,19H,8,10,12-13,22H2,1H3;1H/t16-,19+;/m1./s1. The van der Waals surface area contributed by atoms with Gasteiger partial charge in [0.25, 0.3) is 0 Å². The van der Waals surface area contributed by atoms with Crippen LogP contribution < -0.4 is 5.73 Å². The summed E-state index contributed by atoms with van der Waals surface area (Å²) in [5.74, 6) is 1.02. The van der Waals surface area contributed by atoms with Gasteiger partial charge in [0.05, 0.1) is 11.9 Å². The minimum atomic E-state index is 0. The van der Waals surface area contributed by atoms with E-state index in [0.29, 0.717) is 11.8 Å². The second-order valence-electron chi connectivity index (χ2n) is 6.99. The lowest BCUT2D eigenvalue weighted by Gasteiger charge is -2.16. The number of nitrogens with zero attached hydrogens (tertiary/aromatic N) is 3. The van der Waals surface area contributed by atoms with Crippen LogP contribution >= 0.6 is 28.3 Å². The zero-order chi connectivity index (χ0) is 17.4. The van der Waals surface area contributed by atoms with Gasteiger partial charge in [0.1, 0.15) is 5.65 Å². The fourth-order valence-corrected chi connectivity index (χ4v) is 4.56. The first-order valence-electron chi connectivity index (χ1n) is 8.75. The van der Waals surface area contributed by atoms with E-state index >= 15 is 0 Å². The van der Waals surface area contributed by atoms with Gasteiger partial charge in [-0.1, -0.05) is 30.3 Å². The number of imidazole rings is 1. The number of nitrogens with two attached hydrogens (primary N) is 1. The van der Waals surface area contributed by atoms with Crippen LogP contribution in [0.4, 0.5) is 0 Å². The van der Waals surface area contributed by atoms with Crippen LogP contribution in [0.25, 0.3) is 5.65 Å². The third-order valence-corrected chi connectivity index (χ3v) is 5.70. The lowest BCUT2D eigenvalue weighted by atomic mass is 9.89. The zero-order valence-corrected chi connectivity index (χ0v) is 17.2. The number of rotatable bonds is 4. The Hall–Kier alpha value is -1.40. The van der Waals surface area contributed by atoms with Crippen molar-refractivity contribution in [2.24, 2.45) is 11.7 Å². The summed E-state index contributed by atoms with van der Waals surface area (Å²) in [5.41, 5.74) is 10.9. The molecule has 1 aromatic carbocycles. The monoisotopic (exact) mass is 434 g/mol. The van der Waals surface area contributed by atoms with Crippen LogP contribution in [0.15, 0.2) is 53.3 Å². The number of aryl methyl sites for hydroxylation is 1. The third kappa shape index (κ3) is 3.67. The van der Waals surface area contributed by atoms with E-state index in [2.05, 4.69) is 79.7 Å². The first-order chi connectivity index (χ1) is 12.2. The molecule has 1 saturated heterocycles. The van der Waals surface area contributed by atoms with Gasteiger partial charge in [0.2, 0.25) is 0 Å². The molecule has 1 aliphatic heterocycles. The van der Waals surface area contributed by atoms with E-state index in [9.17, 15) is 0 Å². The summed E-state index contributed by atoms with van der Waals surface area (Å²) in [7, 11) is 0. The molecule has 3 aromatic rings. The van der Waals surface area contributed by atoms with Crippen molar-refractivity contribution in [3.63, 3.8) is 0 Å². The average molecular weight is 436 g/mol. The van der Waals surface area contributed by atoms with E-state index in [1.165, 1.54) is 16.8 Å². The predicted molar refractivity (Wildman–Crippen MR) is 112 cm³/mol. The number of halogens is 2. The first-order valence-corrected chi connectivity index (χ1v) is 9.54. The first kappa shape index (κ1) is 19.4. The summed E-state index contributed by atoms with van der Waals surface area (Å²) in [6.07, 6.45) is 4.11. The quantitative estimate of drug-likeness (QED) is 0.674. The van der Waals surface area contributed by atoms with Crippen molar-refractivity contribution in [1.82, 2.24) is 14.3 Å². The number of pyridine rings is 1. The molecule has 26 heavy (non-hydrogen) atoms. The fraction of sp³-hybridized carbons (Fsp3) is 0.350. The number of fused-ring (bicyclic) bond motifs is 1. The molecule has 0 bridgehead atoms. The summed E-state index contributed by atoms with van der Waals surface area (Å²) in [6.45, 7) is 5.82. The molecule has 6 heteroatoms. The number of benzene rings is 1. The van der Waals surface area contributed by atoms with Gasteiger partial charge in [-0.3, -0.25) is 4.90 Å². The molecule has 0 spiro atoms. The highest BCUT2D eigenvalue weighted by molar-refractivity contribution is 9.10. The van der Waals surface area contributed by atoms with Gasteiger partial charge >= 0.3 is 0 Å². The highest BCUT2D eigenvalue weighted by Gasteiger charge is 2.33. The van der Waals surface area contributed by atoms with Crippen molar-refractivity contribution in [2.45, 2.75) is 19.4 Å². The highest BCUT2D eigenvalue weighted by atomic mass is 79.9. The van der Waals surface area contributed by atoms with Crippen LogP contribution in [0.2, 0.25) is 0 Å². The molecule has 0 saturated carbocycles. The maximum absolute atomic E-state index is 6.08. The average Bonchev–Trinajstić information content (AvgIpc) is 3.20. The Labute approximate surface area is 168 Å². The Morgan fingerprint density at radius 3 is 2.73 bits per heavy atom. The molecule has 2 atom stereocenters. The summed E-state index contributed by atoms with van der Waals surface area (Å²) in [6, 6.07) is 12.9. The van der Waals surface area contributed by atoms with Crippen LogP contribution in [-0.4, -0.2) is 33.9 Å². The minimum Gasteiger partial charge on any atom is -0.330 e. The van der Waals surface area contributed by atoms with E-state index < -0.39 is 0 Å². The van der Waals surface area contributed by atoms with Gasteiger partial charge < -0.3 is 10.1 Å². The maximum Gasteiger partial charge on any atom is 0.139 e. The van der Waals surface area contributed by atoms with Gasteiger partial charge in [0.15, 0.2) is 0 Å². The fourth-order valence-electron chi connectivity index (χ4n) is 4.02. The van der Waals surface area contributed by atoms with Crippen molar-refractivity contribution in [1.29, 1.82) is 0 Å². The highest BCUT2D eigenvalue weighted by Crippen LogP contribution is 2.33. The van der Waals surface area contributed by atoms with Crippen molar-refractivity contribution in [3.05, 3.63) is 70.1 Å². The molecule has 0 radical (unpaired) electrons. The second-order valence-corrected chi connectivity index (χ2v) is 7.91. The maximum atomic E-state index is 6.08. The number of hydrogen-bond donors (Lipinski definition) is 1. The van der Waals surface area contributed by atoms with Crippen molar-refractivity contribution in [3.8, 4) is 0 Å². The molecular weight excluding hydrogens is 412 g/mol. The largest absolute Gasteiger partial charge is 0.330 e. The Bertz CT molecular complexity index is 880. The molecule has 2 N–H and O–H groups in total. The third-order valence-electron chi connectivity index (χ3n) is 5.27. The summed E-state index contributed by atoms with van der Waals surface area (Å²) >= 11 is 3.60. The van der Waals surface area contributed by atoms with Crippen LogP contribution in [0.1, 0.15) is 22.7 Å². The van der Waals surface area contributed by atoms with Crippen LogP contribution in [0.3, 0.4) is 0 Å². The lowest BCUT2D eigenvalue weighted by molar-refractivity contribution is 0.312. The number of likely N-dealkylation sites (tertiary alicyclic amines) is 1. The molecule has 138 valence electrons. The summed E-state index contributed by atoms with van der Waals surface area (Å²) in [5, 5.41) is 0. The van der Waals surface area contributed by atoms with E-state index in [-0.39, 0.29) is 12.4 Å². The molecular formula is C20H24BrClN4. The van der Waals surface area contributed by atoms with Crippen LogP contribution in [0, 0.1) is 12.8 Å². The number of aromatic nitrogens is 2. The van der Waals surface area contributed by atoms with Crippen molar-refractivity contribution in [2.75, 3.05) is 19.6 Å². The molecule has 2 aromatic heterocycles. The SMILES string of the molecule is Cc1cc(Br)cn2c(CN3C[C@@H](CN)[C@H](c4ccccc4)C3)cnc12.Cl. The molecule has 4 nitrogen and oxygen atoms in total. The Morgan fingerprint density at radius 1 is 1.23 bits per heavy atom. The van der Waals surface area contributed by atoms with E-state index in [4.69, 9.17) is 5.73 Å². The molecule has 1 fully saturated rings. The van der Waals surface area contributed by atoms with Gasteiger partial charge in [-0.15, -0.1) is 12.4 Å². The Kier molecular flexibility index (Phi) is 6.03. The molecule has 1 aliphatic rings. The summed E-state index contributed by atoms with van der Waals surface area (Å²) in [4.78, 5) is 7.12. The molecule has 3 heterocycles. The van der Waals surface area contributed by atoms with E-state index in [1.54, 1.807) is 0 Å². The van der Waals surface area contributed by atoms with Gasteiger partial charge in [-0.2, -0.15) is 0 Å². The van der Waals surface area contributed by atoms with Gasteiger partial charge in [0, 0.05) is 36.2 Å². The molecule has 4 rings (SSSR count). The van der Waals surface area contributed by atoms with Crippen LogP contribution in [0.5, 0.6) is 0 Å². The van der Waals surface area contributed by atoms with Crippen molar-refractivity contribution < 1.29 is 0 Å². The number of hydrogen-bond acceptors (Lipinski definition) is 3. The minimum absolute atomic E-state index is 0. The van der Waals surface area contributed by atoms with Gasteiger partial charge in [-0.05, 0) is 52.5 Å². The Morgan fingerprint density at radius 2 is 2.00 bits per heavy atom. The predicted octanol–water partition coefficient (Wildman–Crippen LogP) is 4.00. The lowest BCUT2D eigenvalue weighted by Crippen LogP contribution is -2.23. The normalized spacial score (nSPS) is 20.4. The molecule has 0 unspecified atom stereocenters. The van der Waals surface area contributed by atoms with E-state index in [1.807, 2.05) is 6.20 Å². The summed E-state index contributed by atoms with van der Waals surface area (Å²) < 4.78 is 3.28. The van der Waals surface area contributed by atoms with Crippen LogP contribution in [-0.2, 0) is 6.54 Å². The second kappa shape index (κ2) is 8.09. The zero-order valence-electron chi connectivity index (χ0n) is 14.8. The Balaban J connectivity index is 0.00000196. The smallest absolute Gasteiger partial charge is 0.139 e. The van der Waals surface area contributed by atoms with E-state index in [0.717, 1.165) is 36.3 Å². The van der Waals surface area contributed by atoms with Gasteiger partial charge in [-0.25, -0.2) is 4.98 Å². The molecule has 0 amide bonds. The topological polar surface area (TPSA) is 46.6 Å². The van der Waals surface area contributed by atoms with Crippen molar-refractivity contribution >= 4 is 34.0 Å². The molecule has 0 aliphatic carbocycles.